The lowest BCUT2D eigenvalue weighted by Gasteiger charge is -2.01. The van der Waals surface area contributed by atoms with Crippen molar-refractivity contribution in [3.8, 4) is 11.3 Å². The summed E-state index contributed by atoms with van der Waals surface area (Å²) in [5.74, 6) is -0.375. The number of rotatable bonds is 2. The van der Waals surface area contributed by atoms with Crippen molar-refractivity contribution in [2.75, 3.05) is 0 Å². The molecule has 0 saturated heterocycles. The monoisotopic (exact) mass is 237 g/mol. The third-order valence-corrected chi connectivity index (χ3v) is 2.87. The van der Waals surface area contributed by atoms with Crippen molar-refractivity contribution in [3.63, 3.8) is 0 Å². The van der Waals surface area contributed by atoms with Crippen LogP contribution in [0.15, 0.2) is 48.7 Å². The molecule has 0 radical (unpaired) electrons. The highest BCUT2D eigenvalue weighted by molar-refractivity contribution is 5.90. The Kier molecular flexibility index (Phi) is 2.34. The predicted molar refractivity (Wildman–Crippen MR) is 70.0 cm³/mol. The first-order valence-electron chi connectivity index (χ1n) is 5.58. The number of aromatic nitrogens is 2. The molecule has 4 nitrogen and oxygen atoms in total. The number of amides is 1. The summed E-state index contributed by atoms with van der Waals surface area (Å²) in [5, 5.41) is 2.32. The van der Waals surface area contributed by atoms with Crippen LogP contribution < -0.4 is 5.73 Å². The molecule has 0 unspecified atom stereocenters. The lowest BCUT2D eigenvalue weighted by atomic mass is 10.1. The summed E-state index contributed by atoms with van der Waals surface area (Å²) < 4.78 is 0. The van der Waals surface area contributed by atoms with Gasteiger partial charge in [0.15, 0.2) is 5.82 Å². The van der Waals surface area contributed by atoms with E-state index in [4.69, 9.17) is 5.73 Å². The van der Waals surface area contributed by atoms with Crippen molar-refractivity contribution in [2.24, 2.45) is 5.73 Å². The normalized spacial score (nSPS) is 10.7. The Labute approximate surface area is 103 Å². The van der Waals surface area contributed by atoms with Gasteiger partial charge in [-0.2, -0.15) is 0 Å². The van der Waals surface area contributed by atoms with Crippen molar-refractivity contribution in [1.29, 1.82) is 0 Å². The molecule has 0 aliphatic carbocycles. The van der Waals surface area contributed by atoms with E-state index in [1.807, 2.05) is 36.4 Å². The van der Waals surface area contributed by atoms with Gasteiger partial charge in [-0.05, 0) is 16.8 Å². The van der Waals surface area contributed by atoms with Gasteiger partial charge in [-0.3, -0.25) is 4.79 Å². The fourth-order valence-corrected chi connectivity index (χ4v) is 1.95. The third kappa shape index (κ3) is 1.73. The highest BCUT2D eigenvalue weighted by atomic mass is 16.1. The lowest BCUT2D eigenvalue weighted by Crippen LogP contribution is -2.12. The zero-order chi connectivity index (χ0) is 12.5. The fraction of sp³-hybridized carbons (Fsp3) is 0. The number of benzene rings is 2. The second-order valence-corrected chi connectivity index (χ2v) is 4.07. The van der Waals surface area contributed by atoms with Crippen LogP contribution in [-0.4, -0.2) is 15.9 Å². The SMILES string of the molecule is NC(=O)c1ncc(-c2ccc3ccccc3c2)[nH]1. The molecular formula is C14H11N3O. The number of nitrogens with one attached hydrogen (secondary N) is 1. The van der Waals surface area contributed by atoms with Crippen LogP contribution in [0.1, 0.15) is 10.6 Å². The standard InChI is InChI=1S/C14H11N3O/c15-13(18)14-16-8-12(17-14)11-6-5-9-3-1-2-4-10(9)7-11/h1-8H,(H2,15,18)(H,16,17). The summed E-state index contributed by atoms with van der Waals surface area (Å²) >= 11 is 0. The second kappa shape index (κ2) is 4.00. The first-order valence-corrected chi connectivity index (χ1v) is 5.58. The van der Waals surface area contributed by atoms with Crippen molar-refractivity contribution in [3.05, 3.63) is 54.5 Å². The summed E-state index contributed by atoms with van der Waals surface area (Å²) in [5.41, 5.74) is 6.93. The number of primary amides is 1. The molecule has 3 aromatic rings. The maximum Gasteiger partial charge on any atom is 0.284 e. The molecule has 2 aromatic carbocycles. The van der Waals surface area contributed by atoms with E-state index in [1.165, 1.54) is 5.39 Å². The van der Waals surface area contributed by atoms with Crippen molar-refractivity contribution >= 4 is 16.7 Å². The number of fused-ring (bicyclic) bond motifs is 1. The number of aromatic amines is 1. The maximum atomic E-state index is 11.0. The number of hydrogen-bond acceptors (Lipinski definition) is 2. The molecule has 0 aliphatic rings. The molecule has 0 fully saturated rings. The first-order chi connectivity index (χ1) is 8.74. The molecule has 3 rings (SSSR count). The third-order valence-electron chi connectivity index (χ3n) is 2.87. The zero-order valence-electron chi connectivity index (χ0n) is 9.55. The Hall–Kier alpha value is -2.62. The molecule has 3 N–H and O–H groups in total. The molecule has 0 saturated carbocycles. The Morgan fingerprint density at radius 1 is 1.11 bits per heavy atom. The molecule has 18 heavy (non-hydrogen) atoms. The zero-order valence-corrected chi connectivity index (χ0v) is 9.55. The molecule has 1 heterocycles. The summed E-state index contributed by atoms with van der Waals surface area (Å²) in [6.07, 6.45) is 1.62. The number of nitrogens with two attached hydrogens (primary N) is 1. The molecule has 0 aliphatic heterocycles. The molecule has 1 aromatic heterocycles. The summed E-state index contributed by atoms with van der Waals surface area (Å²) in [6, 6.07) is 14.2. The van der Waals surface area contributed by atoms with Gasteiger partial charge < -0.3 is 10.7 Å². The van der Waals surface area contributed by atoms with Crippen molar-refractivity contribution < 1.29 is 4.79 Å². The van der Waals surface area contributed by atoms with Crippen LogP contribution in [0.2, 0.25) is 0 Å². The maximum absolute atomic E-state index is 11.0. The van der Waals surface area contributed by atoms with Crippen LogP contribution in [-0.2, 0) is 0 Å². The van der Waals surface area contributed by atoms with Gasteiger partial charge in [0.2, 0.25) is 0 Å². The van der Waals surface area contributed by atoms with Gasteiger partial charge in [0.1, 0.15) is 0 Å². The van der Waals surface area contributed by atoms with Crippen LogP contribution in [0.4, 0.5) is 0 Å². The average molecular weight is 237 g/mol. The number of imidazole rings is 1. The van der Waals surface area contributed by atoms with E-state index in [2.05, 4.69) is 16.0 Å². The van der Waals surface area contributed by atoms with Gasteiger partial charge >= 0.3 is 0 Å². The van der Waals surface area contributed by atoms with Crippen molar-refractivity contribution in [1.82, 2.24) is 9.97 Å². The van der Waals surface area contributed by atoms with Gasteiger partial charge in [0.05, 0.1) is 11.9 Å². The van der Waals surface area contributed by atoms with E-state index >= 15 is 0 Å². The molecule has 0 bridgehead atoms. The average Bonchev–Trinajstić information content (AvgIpc) is 2.88. The lowest BCUT2D eigenvalue weighted by molar-refractivity contribution is 0.0991. The number of carbonyl (C=O) groups excluding carboxylic acids is 1. The summed E-state index contributed by atoms with van der Waals surface area (Å²) in [4.78, 5) is 17.8. The van der Waals surface area contributed by atoms with Crippen LogP contribution >= 0.6 is 0 Å². The van der Waals surface area contributed by atoms with Gasteiger partial charge in [-0.25, -0.2) is 4.98 Å². The fourth-order valence-electron chi connectivity index (χ4n) is 1.95. The number of carbonyl (C=O) groups is 1. The van der Waals surface area contributed by atoms with E-state index in [-0.39, 0.29) is 5.82 Å². The smallest absolute Gasteiger partial charge is 0.284 e. The second-order valence-electron chi connectivity index (χ2n) is 4.07. The Balaban J connectivity index is 2.10. The molecule has 4 heteroatoms. The number of nitrogens with zero attached hydrogens (tertiary/aromatic N) is 1. The van der Waals surface area contributed by atoms with E-state index in [1.54, 1.807) is 6.20 Å². The quantitative estimate of drug-likeness (QED) is 0.718. The predicted octanol–water partition coefficient (Wildman–Crippen LogP) is 2.33. The molecular weight excluding hydrogens is 226 g/mol. The highest BCUT2D eigenvalue weighted by Crippen LogP contribution is 2.22. The van der Waals surface area contributed by atoms with Crippen LogP contribution in [0.3, 0.4) is 0 Å². The van der Waals surface area contributed by atoms with E-state index < -0.39 is 5.91 Å². The van der Waals surface area contributed by atoms with E-state index in [9.17, 15) is 4.79 Å². The molecule has 1 amide bonds. The largest absolute Gasteiger partial charge is 0.363 e. The highest BCUT2D eigenvalue weighted by Gasteiger charge is 2.07. The summed E-state index contributed by atoms with van der Waals surface area (Å²) in [7, 11) is 0. The topological polar surface area (TPSA) is 71.8 Å². The van der Waals surface area contributed by atoms with Gasteiger partial charge in [0.25, 0.3) is 5.91 Å². The van der Waals surface area contributed by atoms with Gasteiger partial charge in [-0.1, -0.05) is 36.4 Å². The first kappa shape index (κ1) is 10.5. The Morgan fingerprint density at radius 3 is 2.61 bits per heavy atom. The number of H-pyrrole nitrogens is 1. The minimum atomic E-state index is -0.554. The minimum Gasteiger partial charge on any atom is -0.363 e. The van der Waals surface area contributed by atoms with Crippen LogP contribution in [0, 0.1) is 0 Å². The Bertz CT molecular complexity index is 730. The molecule has 0 atom stereocenters. The van der Waals surface area contributed by atoms with E-state index in [0.717, 1.165) is 16.6 Å². The van der Waals surface area contributed by atoms with Crippen LogP contribution in [0.5, 0.6) is 0 Å². The van der Waals surface area contributed by atoms with Crippen LogP contribution in [0.25, 0.3) is 22.0 Å². The molecule has 0 spiro atoms. The summed E-state index contributed by atoms with van der Waals surface area (Å²) in [6.45, 7) is 0. The van der Waals surface area contributed by atoms with E-state index in [0.29, 0.717) is 0 Å². The van der Waals surface area contributed by atoms with Crippen molar-refractivity contribution in [2.45, 2.75) is 0 Å². The minimum absolute atomic E-state index is 0.179. The molecule has 88 valence electrons. The van der Waals surface area contributed by atoms with Gasteiger partial charge in [-0.15, -0.1) is 0 Å². The Morgan fingerprint density at radius 2 is 1.89 bits per heavy atom. The number of hydrogen-bond donors (Lipinski definition) is 2. The van der Waals surface area contributed by atoms with Gasteiger partial charge in [0, 0.05) is 5.56 Å².